The Kier molecular flexibility index (Phi) is 6.36. The van der Waals surface area contributed by atoms with Crippen molar-refractivity contribution in [2.24, 2.45) is 0 Å². The lowest BCUT2D eigenvalue weighted by Gasteiger charge is -2.14. The van der Waals surface area contributed by atoms with E-state index in [4.69, 9.17) is 0 Å². The zero-order chi connectivity index (χ0) is 13.4. The van der Waals surface area contributed by atoms with Gasteiger partial charge in [-0.1, -0.05) is 25.5 Å². The number of hydrogen-bond acceptors (Lipinski definition) is 2. The summed E-state index contributed by atoms with van der Waals surface area (Å²) in [5.41, 5.74) is 0.844. The molecule has 1 aromatic rings. The molecule has 0 aliphatic heterocycles. The average Bonchev–Trinajstić information content (AvgIpc) is 2.36. The molecule has 0 radical (unpaired) electrons. The average molecular weight is 252 g/mol. The predicted octanol–water partition coefficient (Wildman–Crippen LogP) is 2.39. The summed E-state index contributed by atoms with van der Waals surface area (Å²) >= 11 is 0. The predicted molar refractivity (Wildman–Crippen MR) is 70.7 cm³/mol. The maximum Gasteiger partial charge on any atom is 0.233 e. The third-order valence-corrected chi connectivity index (χ3v) is 2.77. The Morgan fingerprint density at radius 1 is 1.44 bits per heavy atom. The summed E-state index contributed by atoms with van der Waals surface area (Å²) in [6, 6.07) is 6.36. The van der Waals surface area contributed by atoms with Crippen LogP contribution in [0.25, 0.3) is 0 Å². The minimum Gasteiger partial charge on any atom is -0.355 e. The molecular weight excluding hydrogens is 231 g/mol. The van der Waals surface area contributed by atoms with Crippen molar-refractivity contribution >= 4 is 5.91 Å². The molecule has 0 unspecified atom stereocenters. The molecule has 0 saturated heterocycles. The van der Waals surface area contributed by atoms with Crippen molar-refractivity contribution in [2.75, 3.05) is 13.1 Å². The molecule has 0 aliphatic carbocycles. The second kappa shape index (κ2) is 7.82. The number of benzene rings is 1. The Morgan fingerprint density at radius 2 is 2.22 bits per heavy atom. The van der Waals surface area contributed by atoms with E-state index in [9.17, 15) is 9.18 Å². The highest BCUT2D eigenvalue weighted by Gasteiger charge is 2.07. The van der Waals surface area contributed by atoms with E-state index in [1.165, 1.54) is 12.1 Å². The van der Waals surface area contributed by atoms with E-state index in [1.54, 1.807) is 6.07 Å². The number of halogens is 1. The van der Waals surface area contributed by atoms with Gasteiger partial charge < -0.3 is 10.6 Å². The summed E-state index contributed by atoms with van der Waals surface area (Å²) in [7, 11) is 0. The molecule has 0 spiro atoms. The van der Waals surface area contributed by atoms with Crippen LogP contribution in [0.1, 0.15) is 38.3 Å². The molecule has 0 saturated carbocycles. The summed E-state index contributed by atoms with van der Waals surface area (Å²) in [5.74, 6) is -0.278. The van der Waals surface area contributed by atoms with Gasteiger partial charge >= 0.3 is 0 Å². The first-order chi connectivity index (χ1) is 8.63. The van der Waals surface area contributed by atoms with Gasteiger partial charge in [-0.25, -0.2) is 4.39 Å². The first kappa shape index (κ1) is 14.6. The van der Waals surface area contributed by atoms with E-state index in [0.717, 1.165) is 18.4 Å². The summed E-state index contributed by atoms with van der Waals surface area (Å²) < 4.78 is 13.0. The summed E-state index contributed by atoms with van der Waals surface area (Å²) in [6.45, 7) is 4.96. The van der Waals surface area contributed by atoms with Crippen molar-refractivity contribution < 1.29 is 9.18 Å². The number of unbranched alkanes of at least 4 members (excludes halogenated alkanes) is 1. The fourth-order valence-corrected chi connectivity index (χ4v) is 1.61. The van der Waals surface area contributed by atoms with Crippen LogP contribution in [0.3, 0.4) is 0 Å². The Morgan fingerprint density at radius 3 is 2.89 bits per heavy atom. The molecule has 0 aromatic heterocycles. The molecule has 1 amide bonds. The smallest absolute Gasteiger partial charge is 0.233 e. The van der Waals surface area contributed by atoms with Crippen molar-refractivity contribution in [3.05, 3.63) is 35.6 Å². The normalized spacial score (nSPS) is 12.2. The van der Waals surface area contributed by atoms with Crippen molar-refractivity contribution in [2.45, 2.75) is 32.7 Å². The van der Waals surface area contributed by atoms with Gasteiger partial charge in [0.05, 0.1) is 6.54 Å². The van der Waals surface area contributed by atoms with Crippen molar-refractivity contribution in [3.8, 4) is 0 Å². The highest BCUT2D eigenvalue weighted by molar-refractivity contribution is 5.77. The second-order valence-corrected chi connectivity index (χ2v) is 4.36. The fourth-order valence-electron chi connectivity index (χ4n) is 1.61. The van der Waals surface area contributed by atoms with E-state index in [1.807, 2.05) is 13.0 Å². The maximum absolute atomic E-state index is 13.0. The van der Waals surface area contributed by atoms with Crippen LogP contribution >= 0.6 is 0 Å². The van der Waals surface area contributed by atoms with Crippen molar-refractivity contribution in [1.29, 1.82) is 0 Å². The van der Waals surface area contributed by atoms with Gasteiger partial charge in [-0.2, -0.15) is 0 Å². The van der Waals surface area contributed by atoms with Gasteiger partial charge in [0.2, 0.25) is 5.91 Å². The Balaban J connectivity index is 2.32. The lowest BCUT2D eigenvalue weighted by Crippen LogP contribution is -2.35. The van der Waals surface area contributed by atoms with Gasteiger partial charge in [-0.15, -0.1) is 0 Å². The van der Waals surface area contributed by atoms with Gasteiger partial charge in [0, 0.05) is 12.6 Å². The zero-order valence-corrected chi connectivity index (χ0v) is 11.0. The largest absolute Gasteiger partial charge is 0.355 e. The quantitative estimate of drug-likeness (QED) is 0.732. The number of hydrogen-bond donors (Lipinski definition) is 2. The van der Waals surface area contributed by atoms with Crippen molar-refractivity contribution in [3.63, 3.8) is 0 Å². The molecule has 0 bridgehead atoms. The van der Waals surface area contributed by atoms with Crippen LogP contribution in [-0.4, -0.2) is 19.0 Å². The van der Waals surface area contributed by atoms with E-state index >= 15 is 0 Å². The molecule has 0 heterocycles. The lowest BCUT2D eigenvalue weighted by atomic mass is 10.1. The number of nitrogens with one attached hydrogen (secondary N) is 2. The lowest BCUT2D eigenvalue weighted by molar-refractivity contribution is -0.120. The SMILES string of the molecule is CCCCNC(=O)CN[C@@H](C)c1cccc(F)c1. The molecule has 1 rings (SSSR count). The van der Waals surface area contributed by atoms with E-state index in [0.29, 0.717) is 6.54 Å². The van der Waals surface area contributed by atoms with Crippen LogP contribution in [0.4, 0.5) is 4.39 Å². The maximum atomic E-state index is 13.0. The molecule has 100 valence electrons. The van der Waals surface area contributed by atoms with Crippen LogP contribution in [0.15, 0.2) is 24.3 Å². The second-order valence-electron chi connectivity index (χ2n) is 4.36. The molecule has 0 fully saturated rings. The van der Waals surface area contributed by atoms with Crippen molar-refractivity contribution in [1.82, 2.24) is 10.6 Å². The van der Waals surface area contributed by atoms with E-state index in [2.05, 4.69) is 17.6 Å². The van der Waals surface area contributed by atoms with Gasteiger partial charge in [0.15, 0.2) is 0 Å². The van der Waals surface area contributed by atoms with Crippen LogP contribution < -0.4 is 10.6 Å². The van der Waals surface area contributed by atoms with Gasteiger partial charge in [-0.3, -0.25) is 4.79 Å². The molecule has 0 aliphatic rings. The highest BCUT2D eigenvalue weighted by atomic mass is 19.1. The first-order valence-corrected chi connectivity index (χ1v) is 6.39. The Hall–Kier alpha value is -1.42. The molecule has 2 N–H and O–H groups in total. The van der Waals surface area contributed by atoms with Gasteiger partial charge in [-0.05, 0) is 31.0 Å². The van der Waals surface area contributed by atoms with E-state index < -0.39 is 0 Å². The number of rotatable bonds is 7. The number of carbonyl (C=O) groups is 1. The third kappa shape index (κ3) is 5.27. The summed E-state index contributed by atoms with van der Waals surface area (Å²) in [4.78, 5) is 11.5. The molecule has 1 aromatic carbocycles. The topological polar surface area (TPSA) is 41.1 Å². The number of amides is 1. The van der Waals surface area contributed by atoms with Crippen LogP contribution in [-0.2, 0) is 4.79 Å². The van der Waals surface area contributed by atoms with Gasteiger partial charge in [0.25, 0.3) is 0 Å². The third-order valence-electron chi connectivity index (χ3n) is 2.77. The Labute approximate surface area is 108 Å². The molecular formula is C14H21FN2O. The molecule has 18 heavy (non-hydrogen) atoms. The Bertz CT molecular complexity index is 382. The van der Waals surface area contributed by atoms with Crippen LogP contribution in [0, 0.1) is 5.82 Å². The minimum absolute atomic E-state index is 0.0216. The standard InChI is InChI=1S/C14H21FN2O/c1-3-4-8-16-14(18)10-17-11(2)12-6-5-7-13(15)9-12/h5-7,9,11,17H,3-4,8,10H2,1-2H3,(H,16,18)/t11-/m0/s1. The fraction of sp³-hybridized carbons (Fsp3) is 0.500. The summed E-state index contributed by atoms with van der Waals surface area (Å²) in [5, 5.41) is 5.90. The van der Waals surface area contributed by atoms with Crippen LogP contribution in [0.2, 0.25) is 0 Å². The van der Waals surface area contributed by atoms with E-state index in [-0.39, 0.29) is 24.3 Å². The minimum atomic E-state index is -0.256. The molecule has 4 heteroatoms. The molecule has 1 atom stereocenters. The zero-order valence-electron chi connectivity index (χ0n) is 11.0. The monoisotopic (exact) mass is 252 g/mol. The molecule has 3 nitrogen and oxygen atoms in total. The first-order valence-electron chi connectivity index (χ1n) is 6.39. The highest BCUT2D eigenvalue weighted by Crippen LogP contribution is 2.12. The van der Waals surface area contributed by atoms with Gasteiger partial charge in [0.1, 0.15) is 5.82 Å². The number of carbonyl (C=O) groups excluding carboxylic acids is 1. The summed E-state index contributed by atoms with van der Waals surface area (Å²) in [6.07, 6.45) is 2.05. The van der Waals surface area contributed by atoms with Crippen LogP contribution in [0.5, 0.6) is 0 Å².